The zero-order valence-corrected chi connectivity index (χ0v) is 16.0. The third-order valence-corrected chi connectivity index (χ3v) is 5.25. The van der Waals surface area contributed by atoms with Crippen LogP contribution in [0.15, 0.2) is 73.1 Å². The molecular formula is C24H25N3O. The van der Waals surface area contributed by atoms with Gasteiger partial charge in [-0.15, -0.1) is 0 Å². The van der Waals surface area contributed by atoms with Crippen molar-refractivity contribution >= 4 is 11.6 Å². The number of carbonyl (C=O) groups excluding carboxylic acids is 1. The largest absolute Gasteiger partial charge is 0.366 e. The lowest BCUT2D eigenvalue weighted by Crippen LogP contribution is -2.31. The number of nitrogens with one attached hydrogen (secondary N) is 1. The van der Waals surface area contributed by atoms with E-state index in [-0.39, 0.29) is 5.91 Å². The van der Waals surface area contributed by atoms with Gasteiger partial charge in [0.2, 0.25) is 0 Å². The molecule has 3 aromatic rings. The van der Waals surface area contributed by atoms with Crippen LogP contribution in [-0.4, -0.2) is 24.0 Å². The first-order chi connectivity index (χ1) is 13.8. The van der Waals surface area contributed by atoms with Gasteiger partial charge in [0, 0.05) is 25.8 Å². The van der Waals surface area contributed by atoms with Crippen molar-refractivity contribution in [2.45, 2.75) is 25.8 Å². The Labute approximate surface area is 166 Å². The molecule has 0 spiro atoms. The monoisotopic (exact) mass is 371 g/mol. The molecule has 0 fully saturated rings. The maximum atomic E-state index is 12.5. The van der Waals surface area contributed by atoms with Gasteiger partial charge in [0.15, 0.2) is 0 Å². The number of anilines is 1. The average molecular weight is 371 g/mol. The zero-order valence-electron chi connectivity index (χ0n) is 16.0. The van der Waals surface area contributed by atoms with E-state index in [9.17, 15) is 4.79 Å². The summed E-state index contributed by atoms with van der Waals surface area (Å²) < 4.78 is 0. The van der Waals surface area contributed by atoms with E-state index in [0.717, 1.165) is 38.0 Å². The molecule has 2 heterocycles. The van der Waals surface area contributed by atoms with Crippen LogP contribution in [0.4, 0.5) is 5.69 Å². The molecule has 1 aliphatic heterocycles. The fourth-order valence-corrected chi connectivity index (χ4v) is 3.68. The molecule has 4 nitrogen and oxygen atoms in total. The Hall–Kier alpha value is -3.14. The van der Waals surface area contributed by atoms with Crippen molar-refractivity contribution in [2.75, 3.05) is 18.0 Å². The molecule has 2 aromatic carbocycles. The fourth-order valence-electron chi connectivity index (χ4n) is 3.68. The van der Waals surface area contributed by atoms with Gasteiger partial charge in [0.1, 0.15) is 0 Å². The Balaban J connectivity index is 1.34. The first kappa shape index (κ1) is 18.2. The summed E-state index contributed by atoms with van der Waals surface area (Å²) in [5, 5.41) is 3.02. The van der Waals surface area contributed by atoms with Gasteiger partial charge >= 0.3 is 0 Å². The summed E-state index contributed by atoms with van der Waals surface area (Å²) in [6.45, 7) is 2.47. The standard InChI is InChI=1S/C24H25N3O/c28-24(26-13-6-9-19-7-2-1-3-8-19)22-15-23(17-25-16-22)27-14-12-20-10-4-5-11-21(20)18-27/h1-5,7-8,10-11,15-17H,6,9,12-14,18H2,(H,26,28). The molecule has 1 N–H and O–H groups in total. The summed E-state index contributed by atoms with van der Waals surface area (Å²) in [6.07, 6.45) is 6.40. The van der Waals surface area contributed by atoms with Crippen molar-refractivity contribution in [3.63, 3.8) is 0 Å². The van der Waals surface area contributed by atoms with Crippen molar-refractivity contribution in [3.8, 4) is 0 Å². The van der Waals surface area contributed by atoms with Crippen LogP contribution in [0.25, 0.3) is 0 Å². The van der Waals surface area contributed by atoms with Crippen LogP contribution in [0.1, 0.15) is 33.5 Å². The molecule has 1 aliphatic rings. The van der Waals surface area contributed by atoms with E-state index in [0.29, 0.717) is 12.1 Å². The summed E-state index contributed by atoms with van der Waals surface area (Å²) in [7, 11) is 0. The highest BCUT2D eigenvalue weighted by Crippen LogP contribution is 2.24. The number of pyridine rings is 1. The highest BCUT2D eigenvalue weighted by Gasteiger charge is 2.17. The molecule has 1 amide bonds. The molecule has 0 radical (unpaired) electrons. The minimum Gasteiger partial charge on any atom is -0.366 e. The van der Waals surface area contributed by atoms with Crippen LogP contribution in [0.2, 0.25) is 0 Å². The molecule has 0 atom stereocenters. The Kier molecular flexibility index (Phi) is 5.66. The van der Waals surface area contributed by atoms with Gasteiger partial charge < -0.3 is 10.2 Å². The number of nitrogens with zero attached hydrogens (tertiary/aromatic N) is 2. The first-order valence-corrected chi connectivity index (χ1v) is 9.88. The van der Waals surface area contributed by atoms with Gasteiger partial charge in [0.25, 0.3) is 5.91 Å². The second kappa shape index (κ2) is 8.70. The number of carbonyl (C=O) groups is 1. The van der Waals surface area contributed by atoms with Crippen LogP contribution in [0.5, 0.6) is 0 Å². The number of hydrogen-bond donors (Lipinski definition) is 1. The van der Waals surface area contributed by atoms with Crippen molar-refractivity contribution in [2.24, 2.45) is 0 Å². The van der Waals surface area contributed by atoms with Crippen molar-refractivity contribution < 1.29 is 4.79 Å². The predicted molar refractivity (Wildman–Crippen MR) is 113 cm³/mol. The van der Waals surface area contributed by atoms with E-state index in [1.54, 1.807) is 6.20 Å². The molecule has 1 aromatic heterocycles. The summed E-state index contributed by atoms with van der Waals surface area (Å²) >= 11 is 0. The Morgan fingerprint density at radius 1 is 1.00 bits per heavy atom. The summed E-state index contributed by atoms with van der Waals surface area (Å²) in [5.41, 5.74) is 5.69. The van der Waals surface area contributed by atoms with Crippen molar-refractivity contribution in [1.29, 1.82) is 0 Å². The van der Waals surface area contributed by atoms with E-state index in [1.807, 2.05) is 30.5 Å². The third kappa shape index (κ3) is 4.39. The predicted octanol–water partition coefficient (Wildman–Crippen LogP) is 4.01. The topological polar surface area (TPSA) is 45.2 Å². The van der Waals surface area contributed by atoms with Gasteiger partial charge in [-0.2, -0.15) is 0 Å². The number of aryl methyl sites for hydroxylation is 1. The molecule has 142 valence electrons. The lowest BCUT2D eigenvalue weighted by Gasteiger charge is -2.30. The molecule has 0 saturated heterocycles. The lowest BCUT2D eigenvalue weighted by molar-refractivity contribution is 0.0953. The summed E-state index contributed by atoms with van der Waals surface area (Å²) in [5.74, 6) is -0.0557. The quantitative estimate of drug-likeness (QED) is 0.666. The smallest absolute Gasteiger partial charge is 0.252 e. The maximum Gasteiger partial charge on any atom is 0.252 e. The molecule has 4 heteroatoms. The summed E-state index contributed by atoms with van der Waals surface area (Å²) in [4.78, 5) is 19.1. The number of benzene rings is 2. The van der Waals surface area contributed by atoms with Gasteiger partial charge in [-0.25, -0.2) is 0 Å². The molecule has 0 unspecified atom stereocenters. The summed E-state index contributed by atoms with van der Waals surface area (Å²) in [6, 6.07) is 20.9. The van der Waals surface area contributed by atoms with Gasteiger partial charge in [-0.1, -0.05) is 54.6 Å². The van der Waals surface area contributed by atoms with Gasteiger partial charge in [0.05, 0.1) is 17.4 Å². The minimum absolute atomic E-state index is 0.0557. The normalized spacial score (nSPS) is 13.1. The number of aromatic nitrogens is 1. The van der Waals surface area contributed by atoms with E-state index in [4.69, 9.17) is 0 Å². The zero-order chi connectivity index (χ0) is 19.2. The Bertz CT molecular complexity index is 939. The number of rotatable bonds is 6. The van der Waals surface area contributed by atoms with Gasteiger partial charge in [-0.05, 0) is 42.0 Å². The number of hydrogen-bond acceptors (Lipinski definition) is 3. The van der Waals surface area contributed by atoms with Gasteiger partial charge in [-0.3, -0.25) is 9.78 Å². The number of fused-ring (bicyclic) bond motifs is 1. The molecule has 0 saturated carbocycles. The molecule has 28 heavy (non-hydrogen) atoms. The Morgan fingerprint density at radius 3 is 2.64 bits per heavy atom. The van der Waals surface area contributed by atoms with Crippen LogP contribution in [-0.2, 0) is 19.4 Å². The first-order valence-electron chi connectivity index (χ1n) is 9.88. The van der Waals surface area contributed by atoms with Crippen LogP contribution < -0.4 is 10.2 Å². The fraction of sp³-hybridized carbons (Fsp3) is 0.250. The highest BCUT2D eigenvalue weighted by molar-refractivity contribution is 5.94. The van der Waals surface area contributed by atoms with Crippen molar-refractivity contribution in [3.05, 3.63) is 95.3 Å². The second-order valence-corrected chi connectivity index (χ2v) is 7.22. The van der Waals surface area contributed by atoms with Crippen LogP contribution in [0, 0.1) is 0 Å². The molecular weight excluding hydrogens is 346 g/mol. The van der Waals surface area contributed by atoms with E-state index >= 15 is 0 Å². The number of amides is 1. The maximum absolute atomic E-state index is 12.5. The van der Waals surface area contributed by atoms with Crippen LogP contribution in [0.3, 0.4) is 0 Å². The van der Waals surface area contributed by atoms with Crippen molar-refractivity contribution in [1.82, 2.24) is 10.3 Å². The third-order valence-electron chi connectivity index (χ3n) is 5.25. The van der Waals surface area contributed by atoms with Crippen LogP contribution >= 0.6 is 0 Å². The highest BCUT2D eigenvalue weighted by atomic mass is 16.1. The second-order valence-electron chi connectivity index (χ2n) is 7.22. The molecule has 4 rings (SSSR count). The average Bonchev–Trinajstić information content (AvgIpc) is 2.77. The minimum atomic E-state index is -0.0557. The lowest BCUT2D eigenvalue weighted by atomic mass is 9.99. The Morgan fingerprint density at radius 2 is 1.79 bits per heavy atom. The van der Waals surface area contributed by atoms with E-state index in [2.05, 4.69) is 51.6 Å². The van der Waals surface area contributed by atoms with E-state index in [1.165, 1.54) is 16.7 Å². The van der Waals surface area contributed by atoms with E-state index < -0.39 is 0 Å². The molecule has 0 aliphatic carbocycles. The molecule has 0 bridgehead atoms. The SMILES string of the molecule is O=C(NCCCc1ccccc1)c1cncc(N2CCc3ccccc3C2)c1.